The van der Waals surface area contributed by atoms with Gasteiger partial charge in [-0.1, -0.05) is 18.2 Å². The molecule has 132 valence electrons. The zero-order valence-corrected chi connectivity index (χ0v) is 13.3. The Morgan fingerprint density at radius 1 is 1.19 bits per heavy atom. The number of rotatable bonds is 5. The van der Waals surface area contributed by atoms with E-state index in [9.17, 15) is 18.4 Å². The smallest absolute Gasteiger partial charge is 0.274 e. The van der Waals surface area contributed by atoms with Gasteiger partial charge in [-0.3, -0.25) is 9.59 Å². The second-order valence-corrected chi connectivity index (χ2v) is 5.30. The number of nitrogens with two attached hydrogens (primary N) is 1. The predicted octanol–water partition coefficient (Wildman–Crippen LogP) is 2.65. The molecule has 0 saturated carbocycles. The van der Waals surface area contributed by atoms with Crippen LogP contribution >= 0.6 is 0 Å². The highest BCUT2D eigenvalue weighted by Crippen LogP contribution is 2.32. The van der Waals surface area contributed by atoms with Gasteiger partial charge in [0.1, 0.15) is 23.0 Å². The molecule has 3 rings (SSSR count). The van der Waals surface area contributed by atoms with Crippen LogP contribution in [0.2, 0.25) is 0 Å². The lowest BCUT2D eigenvalue weighted by Crippen LogP contribution is -2.19. The number of alkyl halides is 1. The topological polar surface area (TPSA) is 98.1 Å². The van der Waals surface area contributed by atoms with Gasteiger partial charge in [0.25, 0.3) is 11.5 Å². The average Bonchev–Trinajstić information content (AvgIpc) is 2.63. The summed E-state index contributed by atoms with van der Waals surface area (Å²) in [5.41, 5.74) is 5.71. The molecule has 8 heteroatoms. The lowest BCUT2D eigenvalue weighted by molar-refractivity contribution is 0.0995. The Labute approximate surface area is 146 Å². The van der Waals surface area contributed by atoms with Crippen LogP contribution in [0.1, 0.15) is 10.5 Å². The van der Waals surface area contributed by atoms with E-state index in [2.05, 4.69) is 9.97 Å². The highest BCUT2D eigenvalue weighted by molar-refractivity contribution is 5.91. The van der Waals surface area contributed by atoms with Crippen LogP contribution in [-0.4, -0.2) is 22.7 Å². The number of primary amides is 1. The van der Waals surface area contributed by atoms with Crippen molar-refractivity contribution in [2.24, 2.45) is 5.73 Å². The molecule has 1 amide bonds. The molecule has 0 bridgehead atoms. The first-order valence-electron chi connectivity index (χ1n) is 7.48. The molecule has 0 spiro atoms. The van der Waals surface area contributed by atoms with Gasteiger partial charge in [-0.15, -0.1) is 0 Å². The first-order chi connectivity index (χ1) is 12.5. The molecule has 0 aliphatic heterocycles. The largest absolute Gasteiger partial charge is 0.462 e. The quantitative estimate of drug-likeness (QED) is 0.733. The summed E-state index contributed by atoms with van der Waals surface area (Å²) in [6.45, 7) is -1.07. The number of aromatic amines is 1. The molecule has 0 radical (unpaired) electrons. The molecule has 2 aromatic carbocycles. The van der Waals surface area contributed by atoms with Gasteiger partial charge in [0.15, 0.2) is 0 Å². The lowest BCUT2D eigenvalue weighted by Gasteiger charge is -2.11. The van der Waals surface area contributed by atoms with Crippen molar-refractivity contribution >= 4 is 5.91 Å². The number of hydrogen-bond donors (Lipinski definition) is 2. The normalized spacial score (nSPS) is 10.5. The molecule has 0 atom stereocenters. The van der Waals surface area contributed by atoms with E-state index in [1.54, 1.807) is 24.3 Å². The Morgan fingerprint density at radius 2 is 1.96 bits per heavy atom. The summed E-state index contributed by atoms with van der Waals surface area (Å²) in [5.74, 6) is -1.16. The zero-order valence-electron chi connectivity index (χ0n) is 13.3. The molecule has 6 nitrogen and oxygen atoms in total. The number of halogens is 2. The molecule has 0 unspecified atom stereocenters. The van der Waals surface area contributed by atoms with Crippen LogP contribution in [0.15, 0.2) is 53.5 Å². The van der Waals surface area contributed by atoms with Gasteiger partial charge in [0.2, 0.25) is 6.86 Å². The van der Waals surface area contributed by atoms with Crippen LogP contribution in [0.4, 0.5) is 8.78 Å². The van der Waals surface area contributed by atoms with E-state index < -0.39 is 24.1 Å². The van der Waals surface area contributed by atoms with Crippen molar-refractivity contribution in [1.82, 2.24) is 9.97 Å². The zero-order chi connectivity index (χ0) is 18.7. The monoisotopic (exact) mass is 357 g/mol. The summed E-state index contributed by atoms with van der Waals surface area (Å²) >= 11 is 0. The van der Waals surface area contributed by atoms with Crippen molar-refractivity contribution in [3.8, 4) is 28.1 Å². The van der Waals surface area contributed by atoms with Gasteiger partial charge in [0.05, 0.1) is 0 Å². The average molecular weight is 357 g/mol. The number of nitrogens with one attached hydrogen (secondary N) is 1. The van der Waals surface area contributed by atoms with Crippen LogP contribution in [0, 0.1) is 5.82 Å². The van der Waals surface area contributed by atoms with E-state index in [-0.39, 0.29) is 17.1 Å². The molecule has 1 heterocycles. The summed E-state index contributed by atoms with van der Waals surface area (Å²) in [6, 6.07) is 10.1. The maximum absolute atomic E-state index is 13.6. The number of amides is 1. The molecule has 1 aromatic heterocycles. The number of nitrogens with zero attached hydrogens (tertiary/aromatic N) is 1. The van der Waals surface area contributed by atoms with Gasteiger partial charge in [0, 0.05) is 17.3 Å². The molecule has 0 saturated heterocycles. The van der Waals surface area contributed by atoms with Gasteiger partial charge in [-0.2, -0.15) is 0 Å². The van der Waals surface area contributed by atoms with Crippen LogP contribution in [-0.2, 0) is 0 Å². The Bertz CT molecular complexity index is 1030. The van der Waals surface area contributed by atoms with E-state index in [4.69, 9.17) is 10.5 Å². The number of hydrogen-bond acceptors (Lipinski definition) is 4. The summed E-state index contributed by atoms with van der Waals surface area (Å²) in [6.07, 6.45) is 1.12. The highest BCUT2D eigenvalue weighted by atomic mass is 19.1. The SMILES string of the molecule is NC(=O)c1c[nH]c(=O)c(-c2cccc(-c3cc(F)ccc3OCF)c2)n1. The molecular formula is C18H13F2N3O3. The van der Waals surface area contributed by atoms with Crippen molar-refractivity contribution < 1.29 is 18.3 Å². The summed E-state index contributed by atoms with van der Waals surface area (Å²) in [4.78, 5) is 29.7. The third-order valence-corrected chi connectivity index (χ3v) is 3.64. The van der Waals surface area contributed by atoms with E-state index in [1.165, 1.54) is 12.1 Å². The number of carbonyl (C=O) groups excluding carboxylic acids is 1. The molecular weight excluding hydrogens is 344 g/mol. The summed E-state index contributed by atoms with van der Waals surface area (Å²) in [7, 11) is 0. The number of H-pyrrole nitrogens is 1. The number of ether oxygens (including phenoxy) is 1. The van der Waals surface area contributed by atoms with Crippen molar-refractivity contribution in [2.45, 2.75) is 0 Å². The standard InChI is InChI=1S/C18H13F2N3O3/c19-9-26-15-5-4-12(20)7-13(15)10-2-1-3-11(6-10)16-18(25)22-8-14(23-16)17(21)24/h1-8H,9H2,(H2,21,24)(H,22,25). The van der Waals surface area contributed by atoms with Crippen LogP contribution in [0.3, 0.4) is 0 Å². The predicted molar refractivity (Wildman–Crippen MR) is 90.8 cm³/mol. The van der Waals surface area contributed by atoms with Gasteiger partial charge in [-0.05, 0) is 29.8 Å². The highest BCUT2D eigenvalue weighted by Gasteiger charge is 2.13. The first kappa shape index (κ1) is 17.3. The van der Waals surface area contributed by atoms with Crippen LogP contribution in [0.25, 0.3) is 22.4 Å². The number of carbonyl (C=O) groups is 1. The van der Waals surface area contributed by atoms with E-state index >= 15 is 0 Å². The van der Waals surface area contributed by atoms with E-state index in [0.717, 1.165) is 12.3 Å². The number of aromatic nitrogens is 2. The molecule has 3 aromatic rings. The van der Waals surface area contributed by atoms with E-state index in [1.807, 2.05) is 0 Å². The molecule has 0 fully saturated rings. The fraction of sp³-hybridized carbons (Fsp3) is 0.0556. The molecule has 26 heavy (non-hydrogen) atoms. The van der Waals surface area contributed by atoms with Gasteiger partial charge >= 0.3 is 0 Å². The van der Waals surface area contributed by atoms with Crippen molar-refractivity contribution in [3.05, 3.63) is 70.5 Å². The van der Waals surface area contributed by atoms with Crippen LogP contribution in [0.5, 0.6) is 5.75 Å². The van der Waals surface area contributed by atoms with Crippen LogP contribution < -0.4 is 16.0 Å². The Kier molecular flexibility index (Phi) is 4.74. The minimum atomic E-state index is -1.07. The lowest BCUT2D eigenvalue weighted by atomic mass is 10.0. The molecule has 0 aliphatic carbocycles. The second kappa shape index (κ2) is 7.14. The fourth-order valence-corrected chi connectivity index (χ4v) is 2.47. The van der Waals surface area contributed by atoms with Gasteiger partial charge < -0.3 is 15.5 Å². The molecule has 0 aliphatic rings. The minimum Gasteiger partial charge on any atom is -0.462 e. The van der Waals surface area contributed by atoms with Crippen molar-refractivity contribution in [2.75, 3.05) is 6.86 Å². The minimum absolute atomic E-state index is 0.0208. The third-order valence-electron chi connectivity index (χ3n) is 3.64. The maximum Gasteiger partial charge on any atom is 0.274 e. The summed E-state index contributed by atoms with van der Waals surface area (Å²) in [5, 5.41) is 0. The first-order valence-corrected chi connectivity index (χ1v) is 7.48. The van der Waals surface area contributed by atoms with E-state index in [0.29, 0.717) is 16.7 Å². The second-order valence-electron chi connectivity index (χ2n) is 5.30. The maximum atomic E-state index is 13.6. The van der Waals surface area contributed by atoms with Crippen molar-refractivity contribution in [3.63, 3.8) is 0 Å². The number of benzene rings is 2. The Hall–Kier alpha value is -3.55. The van der Waals surface area contributed by atoms with Crippen molar-refractivity contribution in [1.29, 1.82) is 0 Å². The third kappa shape index (κ3) is 3.44. The summed E-state index contributed by atoms with van der Waals surface area (Å²) < 4.78 is 31.1. The molecule has 3 N–H and O–H groups in total. The fourth-order valence-electron chi connectivity index (χ4n) is 2.47. The van der Waals surface area contributed by atoms with Gasteiger partial charge in [-0.25, -0.2) is 13.8 Å². The Balaban J connectivity index is 2.14. The Morgan fingerprint density at radius 3 is 2.69 bits per heavy atom.